The molecule has 1 heterocycles. The summed E-state index contributed by atoms with van der Waals surface area (Å²) in [6, 6.07) is 0.287. The fourth-order valence-electron chi connectivity index (χ4n) is 1.00. The summed E-state index contributed by atoms with van der Waals surface area (Å²) >= 11 is 4.71. The van der Waals surface area contributed by atoms with Crippen LogP contribution in [0.25, 0.3) is 0 Å². The van der Waals surface area contributed by atoms with E-state index in [1.807, 2.05) is 0 Å². The van der Waals surface area contributed by atoms with Gasteiger partial charge < -0.3 is 10.1 Å². The van der Waals surface area contributed by atoms with Crippen molar-refractivity contribution in [1.82, 2.24) is 5.32 Å². The molecule has 0 saturated carbocycles. The summed E-state index contributed by atoms with van der Waals surface area (Å²) in [6.07, 6.45) is 1.87. The fraction of sp³-hybridized carbons (Fsp3) is 0.667. The molecule has 0 aliphatic carbocycles. The van der Waals surface area contributed by atoms with Crippen LogP contribution in [-0.2, 0) is 4.79 Å². The molecular weight excluding hydrogens is 134 g/mol. The molecule has 0 radical (unpaired) electrons. The predicted octanol–water partition coefficient (Wildman–Crippen LogP) is 0.163. The molecule has 1 aliphatic heterocycles. The van der Waals surface area contributed by atoms with Crippen LogP contribution in [0, 0.1) is 5.92 Å². The van der Waals surface area contributed by atoms with Crippen LogP contribution in [0.4, 0.5) is 0 Å². The lowest BCUT2D eigenvalue weighted by Gasteiger charge is -1.97. The molecule has 1 saturated heterocycles. The normalized spacial score (nSPS) is 34.2. The van der Waals surface area contributed by atoms with Crippen molar-refractivity contribution in [2.45, 2.75) is 12.5 Å². The Morgan fingerprint density at radius 2 is 2.44 bits per heavy atom. The van der Waals surface area contributed by atoms with Crippen molar-refractivity contribution in [2.24, 2.45) is 5.92 Å². The molecule has 1 rings (SSSR count). The van der Waals surface area contributed by atoms with Crippen molar-refractivity contribution in [3.05, 3.63) is 0 Å². The van der Waals surface area contributed by atoms with Crippen molar-refractivity contribution in [3.63, 3.8) is 0 Å². The summed E-state index contributed by atoms with van der Waals surface area (Å²) in [5, 5.41) is 4.80. The summed E-state index contributed by atoms with van der Waals surface area (Å²) in [7, 11) is 0. The summed E-state index contributed by atoms with van der Waals surface area (Å²) < 4.78 is 0. The molecule has 0 amide bonds. The Bertz CT molecular complexity index is 112. The Labute approximate surface area is 59.6 Å². The Balaban J connectivity index is 2.36. The van der Waals surface area contributed by atoms with Gasteiger partial charge in [0.05, 0.1) is 0 Å². The first-order valence-corrected chi connectivity index (χ1v) is 3.48. The summed E-state index contributed by atoms with van der Waals surface area (Å²) in [5.74, 6) is 0.189. The van der Waals surface area contributed by atoms with Gasteiger partial charge in [-0.2, -0.15) is 0 Å². The first kappa shape index (κ1) is 6.83. The largest absolute Gasteiger partial charge is 0.309 e. The second-order valence-corrected chi connectivity index (χ2v) is 2.55. The lowest BCUT2D eigenvalue weighted by Crippen LogP contribution is -2.21. The molecule has 0 aromatic heterocycles. The van der Waals surface area contributed by atoms with Gasteiger partial charge in [0.25, 0.3) is 0 Å². The van der Waals surface area contributed by atoms with E-state index in [1.54, 1.807) is 5.37 Å². The zero-order valence-corrected chi connectivity index (χ0v) is 5.86. The summed E-state index contributed by atoms with van der Waals surface area (Å²) in [6.45, 7) is 0.793. The van der Waals surface area contributed by atoms with Gasteiger partial charge in [-0.25, -0.2) is 0 Å². The van der Waals surface area contributed by atoms with E-state index in [2.05, 4.69) is 5.32 Å². The molecule has 50 valence electrons. The fourth-order valence-corrected chi connectivity index (χ4v) is 1.21. The maximum atomic E-state index is 10.2. The van der Waals surface area contributed by atoms with Crippen molar-refractivity contribution >= 4 is 23.9 Å². The summed E-state index contributed by atoms with van der Waals surface area (Å²) in [4.78, 5) is 10.2. The van der Waals surface area contributed by atoms with Gasteiger partial charge in [0.1, 0.15) is 6.29 Å². The number of hydrogen-bond donors (Lipinski definition) is 1. The van der Waals surface area contributed by atoms with Crippen LogP contribution in [0.5, 0.6) is 0 Å². The van der Waals surface area contributed by atoms with Crippen LogP contribution in [0.1, 0.15) is 6.42 Å². The van der Waals surface area contributed by atoms with Crippen molar-refractivity contribution in [1.29, 1.82) is 0 Å². The van der Waals surface area contributed by atoms with Crippen LogP contribution in [0.2, 0.25) is 0 Å². The van der Waals surface area contributed by atoms with E-state index in [4.69, 9.17) is 12.2 Å². The van der Waals surface area contributed by atoms with Gasteiger partial charge in [-0.3, -0.25) is 0 Å². The molecule has 1 aliphatic rings. The monoisotopic (exact) mass is 143 g/mol. The lowest BCUT2D eigenvalue weighted by molar-refractivity contribution is -0.110. The number of carbonyl (C=O) groups excluding carboxylic acids is 1. The number of aldehydes is 1. The first-order chi connectivity index (χ1) is 4.36. The second-order valence-electron chi connectivity index (χ2n) is 2.28. The Morgan fingerprint density at radius 1 is 1.67 bits per heavy atom. The quantitative estimate of drug-likeness (QED) is 0.441. The van der Waals surface area contributed by atoms with Crippen molar-refractivity contribution in [3.8, 4) is 0 Å². The highest BCUT2D eigenvalue weighted by atomic mass is 32.1. The maximum absolute atomic E-state index is 10.2. The highest BCUT2D eigenvalue weighted by molar-refractivity contribution is 7.79. The van der Waals surface area contributed by atoms with E-state index in [0.29, 0.717) is 0 Å². The molecule has 0 bridgehead atoms. The smallest absolute Gasteiger partial charge is 0.124 e. The van der Waals surface area contributed by atoms with Gasteiger partial charge in [-0.05, 0) is 11.8 Å². The molecule has 2 atom stereocenters. The minimum absolute atomic E-state index is 0.189. The molecular formula is C6H9NOS. The average molecular weight is 143 g/mol. The van der Waals surface area contributed by atoms with E-state index in [9.17, 15) is 4.79 Å². The molecule has 1 fully saturated rings. The van der Waals surface area contributed by atoms with Crippen LogP contribution >= 0.6 is 12.2 Å². The molecule has 9 heavy (non-hydrogen) atoms. The second kappa shape index (κ2) is 3.03. The van der Waals surface area contributed by atoms with E-state index in [1.165, 1.54) is 0 Å². The van der Waals surface area contributed by atoms with E-state index in [-0.39, 0.29) is 12.0 Å². The topological polar surface area (TPSA) is 29.1 Å². The third kappa shape index (κ3) is 1.56. The van der Waals surface area contributed by atoms with Crippen LogP contribution in [0.15, 0.2) is 0 Å². The van der Waals surface area contributed by atoms with Gasteiger partial charge in [0.2, 0.25) is 0 Å². The predicted molar refractivity (Wildman–Crippen MR) is 39.6 cm³/mol. The van der Waals surface area contributed by atoms with Crippen LogP contribution < -0.4 is 5.32 Å². The number of nitrogens with one attached hydrogen (secondary N) is 1. The molecule has 0 aromatic rings. The number of thiocarbonyl (C=S) groups is 1. The molecule has 0 spiro atoms. The summed E-state index contributed by atoms with van der Waals surface area (Å²) in [5.41, 5.74) is 0. The Hall–Kier alpha value is -0.280. The first-order valence-electron chi connectivity index (χ1n) is 3.01. The lowest BCUT2D eigenvalue weighted by atomic mass is 10.1. The standard InChI is InChI=1S/C6H9NOS/c8-3-5-1-6(4-9)7-2-5/h3-7H,1-2H2/t5?,6-/m1/s1. The Morgan fingerprint density at radius 3 is 2.78 bits per heavy atom. The zero-order chi connectivity index (χ0) is 6.69. The molecule has 0 aromatic carbocycles. The van der Waals surface area contributed by atoms with Gasteiger partial charge in [-0.1, -0.05) is 12.2 Å². The Kier molecular flexibility index (Phi) is 2.30. The molecule has 3 heteroatoms. The number of carbonyl (C=O) groups is 1. The van der Waals surface area contributed by atoms with Gasteiger partial charge in [-0.15, -0.1) is 0 Å². The van der Waals surface area contributed by atoms with Crippen LogP contribution in [0.3, 0.4) is 0 Å². The van der Waals surface area contributed by atoms with Gasteiger partial charge in [0, 0.05) is 18.5 Å². The van der Waals surface area contributed by atoms with E-state index in [0.717, 1.165) is 19.3 Å². The van der Waals surface area contributed by atoms with Gasteiger partial charge in [0.15, 0.2) is 0 Å². The minimum atomic E-state index is 0.189. The third-order valence-electron chi connectivity index (χ3n) is 1.56. The molecule has 2 nitrogen and oxygen atoms in total. The van der Waals surface area contributed by atoms with Crippen molar-refractivity contribution in [2.75, 3.05) is 6.54 Å². The van der Waals surface area contributed by atoms with E-state index < -0.39 is 0 Å². The maximum Gasteiger partial charge on any atom is 0.124 e. The van der Waals surface area contributed by atoms with Gasteiger partial charge >= 0.3 is 0 Å². The number of hydrogen-bond acceptors (Lipinski definition) is 3. The third-order valence-corrected chi connectivity index (χ3v) is 1.88. The minimum Gasteiger partial charge on any atom is -0.309 e. The zero-order valence-electron chi connectivity index (χ0n) is 5.04. The molecule has 1 N–H and O–H groups in total. The van der Waals surface area contributed by atoms with E-state index >= 15 is 0 Å². The number of rotatable bonds is 2. The highest BCUT2D eigenvalue weighted by Gasteiger charge is 2.20. The molecule has 1 unspecified atom stereocenters. The van der Waals surface area contributed by atoms with Crippen LogP contribution in [-0.4, -0.2) is 24.2 Å². The highest BCUT2D eigenvalue weighted by Crippen LogP contribution is 2.09. The SMILES string of the molecule is O=CC1CN[C@@H](C=S)C1. The van der Waals surface area contributed by atoms with Crippen molar-refractivity contribution < 1.29 is 4.79 Å². The average Bonchev–Trinajstić information content (AvgIpc) is 2.34.